The van der Waals surface area contributed by atoms with E-state index in [0.717, 1.165) is 12.0 Å². The summed E-state index contributed by atoms with van der Waals surface area (Å²) in [5, 5.41) is 4.16. The molecule has 0 N–H and O–H groups in total. The summed E-state index contributed by atoms with van der Waals surface area (Å²) in [6.07, 6.45) is 1.04. The van der Waals surface area contributed by atoms with E-state index < -0.39 is 0 Å². The first-order chi connectivity index (χ1) is 7.10. The molecule has 0 saturated carbocycles. The molecule has 82 valence electrons. The lowest BCUT2D eigenvalue weighted by Gasteiger charge is -2.02. The molecule has 1 aromatic rings. The second-order valence-corrected chi connectivity index (χ2v) is 3.25. The quantitative estimate of drug-likeness (QED) is 0.546. The molecule has 1 aromatic heterocycles. The summed E-state index contributed by atoms with van der Waals surface area (Å²) in [6, 6.07) is 0. The molecule has 0 spiro atoms. The Labute approximate surface area is 88.0 Å². The van der Waals surface area contributed by atoms with Crippen LogP contribution >= 0.6 is 0 Å². The Morgan fingerprint density at radius 1 is 1.53 bits per heavy atom. The Morgan fingerprint density at radius 3 is 2.67 bits per heavy atom. The molecule has 0 aromatic carbocycles. The Balaban J connectivity index is 2.78. The first kappa shape index (κ1) is 11.4. The van der Waals surface area contributed by atoms with E-state index in [4.69, 9.17) is 0 Å². The van der Waals surface area contributed by atoms with Gasteiger partial charge in [-0.05, 0) is 13.8 Å². The van der Waals surface area contributed by atoms with Crippen molar-refractivity contribution in [1.29, 1.82) is 0 Å². The molecule has 15 heavy (non-hydrogen) atoms. The Kier molecular flexibility index (Phi) is 3.60. The number of aldehydes is 1. The molecule has 0 atom stereocenters. The minimum Gasteiger partial charge on any atom is -0.469 e. The van der Waals surface area contributed by atoms with Crippen LogP contribution < -0.4 is 0 Å². The summed E-state index contributed by atoms with van der Waals surface area (Å²) in [5.41, 5.74) is 2.07. The first-order valence-electron chi connectivity index (χ1n) is 4.66. The lowest BCUT2D eigenvalue weighted by Crippen LogP contribution is -2.09. The van der Waals surface area contributed by atoms with E-state index in [-0.39, 0.29) is 12.4 Å². The third-order valence-corrected chi connectivity index (χ3v) is 2.31. The molecule has 0 aliphatic carbocycles. The van der Waals surface area contributed by atoms with Gasteiger partial charge >= 0.3 is 5.97 Å². The highest BCUT2D eigenvalue weighted by Gasteiger charge is 2.11. The Hall–Kier alpha value is -1.65. The highest BCUT2D eigenvalue weighted by molar-refractivity contribution is 5.78. The van der Waals surface area contributed by atoms with E-state index in [0.29, 0.717) is 17.8 Å². The lowest BCUT2D eigenvalue weighted by atomic mass is 10.2. The minimum atomic E-state index is -0.282. The normalized spacial score (nSPS) is 10.1. The third-order valence-electron chi connectivity index (χ3n) is 2.31. The van der Waals surface area contributed by atoms with Crippen molar-refractivity contribution in [2.24, 2.45) is 0 Å². The van der Waals surface area contributed by atoms with Crippen molar-refractivity contribution >= 4 is 12.3 Å². The van der Waals surface area contributed by atoms with Crippen LogP contribution in [0.15, 0.2) is 0 Å². The molecule has 0 bridgehead atoms. The van der Waals surface area contributed by atoms with Crippen LogP contribution in [0.1, 0.15) is 28.2 Å². The van der Waals surface area contributed by atoms with Gasteiger partial charge in [0.05, 0.1) is 31.3 Å². The van der Waals surface area contributed by atoms with Gasteiger partial charge in [-0.3, -0.25) is 14.3 Å². The zero-order chi connectivity index (χ0) is 11.4. The van der Waals surface area contributed by atoms with Crippen molar-refractivity contribution < 1.29 is 14.3 Å². The molecular weight excluding hydrogens is 196 g/mol. The fraction of sp³-hybridized carbons (Fsp3) is 0.500. The lowest BCUT2D eigenvalue weighted by molar-refractivity contribution is -0.140. The van der Waals surface area contributed by atoms with Crippen molar-refractivity contribution in [2.75, 3.05) is 7.11 Å². The van der Waals surface area contributed by atoms with Gasteiger partial charge in [-0.2, -0.15) is 5.10 Å². The molecule has 5 heteroatoms. The molecule has 1 heterocycles. The van der Waals surface area contributed by atoms with Crippen molar-refractivity contribution in [2.45, 2.75) is 26.8 Å². The molecule has 0 amide bonds. The average molecular weight is 210 g/mol. The molecule has 1 rings (SSSR count). The number of ether oxygens (including phenoxy) is 1. The standard InChI is InChI=1S/C10H14N2O3/c1-7-9(6-13)8(2)12(11-7)5-4-10(14)15-3/h6H,4-5H2,1-3H3. The molecule has 5 nitrogen and oxygen atoms in total. The molecule has 0 unspecified atom stereocenters. The summed E-state index contributed by atoms with van der Waals surface area (Å²) in [6.45, 7) is 4.01. The van der Waals surface area contributed by atoms with Crippen LogP contribution in [-0.2, 0) is 16.1 Å². The van der Waals surface area contributed by atoms with E-state index in [1.54, 1.807) is 18.5 Å². The van der Waals surface area contributed by atoms with Crippen LogP contribution in [0.5, 0.6) is 0 Å². The number of carbonyl (C=O) groups is 2. The van der Waals surface area contributed by atoms with E-state index in [1.807, 2.05) is 0 Å². The van der Waals surface area contributed by atoms with Crippen LogP contribution in [0.3, 0.4) is 0 Å². The molecule has 0 saturated heterocycles. The topological polar surface area (TPSA) is 61.2 Å². The van der Waals surface area contributed by atoms with Crippen molar-refractivity contribution in [3.05, 3.63) is 17.0 Å². The van der Waals surface area contributed by atoms with E-state index in [1.165, 1.54) is 7.11 Å². The van der Waals surface area contributed by atoms with Crippen LogP contribution in [0, 0.1) is 13.8 Å². The van der Waals surface area contributed by atoms with Crippen LogP contribution in [0.2, 0.25) is 0 Å². The summed E-state index contributed by atoms with van der Waals surface area (Å²) >= 11 is 0. The maximum absolute atomic E-state index is 10.9. The maximum Gasteiger partial charge on any atom is 0.307 e. The van der Waals surface area contributed by atoms with Gasteiger partial charge in [-0.1, -0.05) is 0 Å². The van der Waals surface area contributed by atoms with E-state index in [2.05, 4.69) is 9.84 Å². The first-order valence-corrected chi connectivity index (χ1v) is 4.66. The Morgan fingerprint density at radius 2 is 2.20 bits per heavy atom. The van der Waals surface area contributed by atoms with E-state index >= 15 is 0 Å². The van der Waals surface area contributed by atoms with Gasteiger partial charge < -0.3 is 4.74 Å². The molecule has 0 aliphatic heterocycles. The van der Waals surface area contributed by atoms with Crippen LogP contribution in [-0.4, -0.2) is 29.1 Å². The number of hydrogen-bond donors (Lipinski definition) is 0. The number of aromatic nitrogens is 2. The SMILES string of the molecule is COC(=O)CCn1nc(C)c(C=O)c1C. The van der Waals surface area contributed by atoms with Gasteiger partial charge in [0.25, 0.3) is 0 Å². The smallest absolute Gasteiger partial charge is 0.307 e. The molecular formula is C10H14N2O3. The predicted octanol–water partition coefficient (Wildman–Crippen LogP) is 0.876. The Bertz CT molecular complexity index is 382. The number of rotatable bonds is 4. The van der Waals surface area contributed by atoms with Gasteiger partial charge in [0.1, 0.15) is 0 Å². The van der Waals surface area contributed by atoms with Crippen LogP contribution in [0.4, 0.5) is 0 Å². The number of methoxy groups -OCH3 is 1. The average Bonchev–Trinajstić information content (AvgIpc) is 2.50. The third kappa shape index (κ3) is 2.43. The van der Waals surface area contributed by atoms with Gasteiger partial charge in [-0.25, -0.2) is 0 Å². The zero-order valence-electron chi connectivity index (χ0n) is 9.11. The highest BCUT2D eigenvalue weighted by atomic mass is 16.5. The molecule has 0 aliphatic rings. The second kappa shape index (κ2) is 4.72. The largest absolute Gasteiger partial charge is 0.469 e. The fourth-order valence-corrected chi connectivity index (χ4v) is 1.40. The van der Waals surface area contributed by atoms with E-state index in [9.17, 15) is 9.59 Å². The number of nitrogens with zero attached hydrogens (tertiary/aromatic N) is 2. The van der Waals surface area contributed by atoms with Gasteiger partial charge in [-0.15, -0.1) is 0 Å². The summed E-state index contributed by atoms with van der Waals surface area (Å²) in [5.74, 6) is -0.282. The monoisotopic (exact) mass is 210 g/mol. The summed E-state index contributed by atoms with van der Waals surface area (Å²) in [4.78, 5) is 21.6. The second-order valence-electron chi connectivity index (χ2n) is 3.25. The van der Waals surface area contributed by atoms with Gasteiger partial charge in [0, 0.05) is 5.69 Å². The highest BCUT2D eigenvalue weighted by Crippen LogP contribution is 2.10. The zero-order valence-corrected chi connectivity index (χ0v) is 9.11. The van der Waals surface area contributed by atoms with Gasteiger partial charge in [0.2, 0.25) is 0 Å². The number of esters is 1. The summed E-state index contributed by atoms with van der Waals surface area (Å²) < 4.78 is 6.17. The van der Waals surface area contributed by atoms with Gasteiger partial charge in [0.15, 0.2) is 6.29 Å². The number of hydrogen-bond acceptors (Lipinski definition) is 4. The predicted molar refractivity (Wildman–Crippen MR) is 53.7 cm³/mol. The minimum absolute atomic E-state index is 0.261. The summed E-state index contributed by atoms with van der Waals surface area (Å²) in [7, 11) is 1.35. The van der Waals surface area contributed by atoms with Crippen molar-refractivity contribution in [3.63, 3.8) is 0 Å². The molecule has 0 radical (unpaired) electrons. The maximum atomic E-state index is 10.9. The number of carbonyl (C=O) groups excluding carboxylic acids is 2. The van der Waals surface area contributed by atoms with Crippen LogP contribution in [0.25, 0.3) is 0 Å². The number of aryl methyl sites for hydroxylation is 2. The van der Waals surface area contributed by atoms with Crippen molar-refractivity contribution in [1.82, 2.24) is 9.78 Å². The fourth-order valence-electron chi connectivity index (χ4n) is 1.40. The van der Waals surface area contributed by atoms with Crippen molar-refractivity contribution in [3.8, 4) is 0 Å². The molecule has 0 fully saturated rings.